The van der Waals surface area contributed by atoms with Gasteiger partial charge < -0.3 is 10.1 Å². The molecule has 0 aliphatic heterocycles. The maximum Gasteiger partial charge on any atom is 0.262 e. The number of aromatic nitrogens is 1. The van der Waals surface area contributed by atoms with Crippen molar-refractivity contribution >= 4 is 29.0 Å². The lowest BCUT2D eigenvalue weighted by Crippen LogP contribution is -2.20. The topological polar surface area (TPSA) is 68.3 Å². The maximum absolute atomic E-state index is 11.8. The van der Waals surface area contributed by atoms with Crippen LogP contribution in [0.2, 0.25) is 5.15 Å². The summed E-state index contributed by atoms with van der Waals surface area (Å²) in [4.78, 5) is 27.1. The zero-order valence-corrected chi connectivity index (χ0v) is 12.8. The van der Waals surface area contributed by atoms with Crippen molar-refractivity contribution in [2.24, 2.45) is 0 Å². The van der Waals surface area contributed by atoms with E-state index in [1.165, 1.54) is 6.20 Å². The smallest absolute Gasteiger partial charge is 0.262 e. The molecule has 0 saturated heterocycles. The number of carbonyl (C=O) groups is 2. The van der Waals surface area contributed by atoms with Gasteiger partial charge in [-0.15, -0.1) is 0 Å². The van der Waals surface area contributed by atoms with Gasteiger partial charge in [-0.05, 0) is 36.4 Å². The molecule has 0 saturated carbocycles. The number of amides is 1. The van der Waals surface area contributed by atoms with Gasteiger partial charge in [0, 0.05) is 18.2 Å². The number of carbonyl (C=O) groups excluding carboxylic acids is 2. The molecule has 1 N–H and O–H groups in total. The molecule has 0 unspecified atom stereocenters. The number of hydrogen-bond acceptors (Lipinski definition) is 4. The number of halogens is 1. The number of anilines is 1. The predicted molar refractivity (Wildman–Crippen MR) is 84.4 cm³/mol. The van der Waals surface area contributed by atoms with Gasteiger partial charge in [-0.25, -0.2) is 4.98 Å². The van der Waals surface area contributed by atoms with Crippen molar-refractivity contribution in [2.45, 2.75) is 13.3 Å². The number of benzene rings is 1. The third-order valence-corrected chi connectivity index (χ3v) is 3.20. The number of hydrogen-bond donors (Lipinski definition) is 1. The van der Waals surface area contributed by atoms with Crippen molar-refractivity contribution in [1.82, 2.24) is 4.98 Å². The van der Waals surface area contributed by atoms with E-state index < -0.39 is 0 Å². The predicted octanol–water partition coefficient (Wildman–Crippen LogP) is 3.35. The molecule has 114 valence electrons. The number of ketones is 1. The number of ether oxygens (including phenoxy) is 1. The molecule has 1 aromatic carbocycles. The Morgan fingerprint density at radius 2 is 1.95 bits per heavy atom. The molecule has 0 spiro atoms. The van der Waals surface area contributed by atoms with Crippen LogP contribution in [0.5, 0.6) is 5.75 Å². The first-order valence-corrected chi connectivity index (χ1v) is 7.14. The average molecular weight is 319 g/mol. The molecular formula is C16H15ClN2O3. The number of pyridine rings is 1. The van der Waals surface area contributed by atoms with Crippen LogP contribution in [0.25, 0.3) is 0 Å². The van der Waals surface area contributed by atoms with Crippen LogP contribution < -0.4 is 10.1 Å². The molecular weight excluding hydrogens is 304 g/mol. The zero-order valence-electron chi connectivity index (χ0n) is 12.0. The highest BCUT2D eigenvalue weighted by atomic mass is 35.5. The van der Waals surface area contributed by atoms with Crippen molar-refractivity contribution in [1.29, 1.82) is 0 Å². The fourth-order valence-corrected chi connectivity index (χ4v) is 1.92. The minimum Gasteiger partial charge on any atom is -0.484 e. The summed E-state index contributed by atoms with van der Waals surface area (Å²) in [6, 6.07) is 10.00. The lowest BCUT2D eigenvalue weighted by atomic mass is 10.1. The molecule has 0 aliphatic rings. The van der Waals surface area contributed by atoms with Crippen molar-refractivity contribution in [2.75, 3.05) is 11.9 Å². The highest BCUT2D eigenvalue weighted by Crippen LogP contribution is 2.17. The number of nitrogens with one attached hydrogen (secondary N) is 1. The SMILES string of the molecule is CCC(=O)c1ccc(OCC(=O)Nc2cccnc2Cl)cc1. The van der Waals surface area contributed by atoms with Gasteiger partial charge in [0.25, 0.3) is 5.91 Å². The molecule has 1 aromatic heterocycles. The van der Waals surface area contributed by atoms with Crippen LogP contribution in [-0.4, -0.2) is 23.3 Å². The summed E-state index contributed by atoms with van der Waals surface area (Å²) in [6.45, 7) is 1.65. The summed E-state index contributed by atoms with van der Waals surface area (Å²) in [5.74, 6) is 0.235. The van der Waals surface area contributed by atoms with E-state index in [0.717, 1.165) is 0 Å². The van der Waals surface area contributed by atoms with Crippen LogP contribution in [0.4, 0.5) is 5.69 Å². The molecule has 0 aliphatic carbocycles. The summed E-state index contributed by atoms with van der Waals surface area (Å²) in [6.07, 6.45) is 1.99. The highest BCUT2D eigenvalue weighted by molar-refractivity contribution is 6.32. The third-order valence-electron chi connectivity index (χ3n) is 2.90. The molecule has 1 heterocycles. The Hall–Kier alpha value is -2.40. The fraction of sp³-hybridized carbons (Fsp3) is 0.188. The van der Waals surface area contributed by atoms with E-state index in [1.54, 1.807) is 43.3 Å². The monoisotopic (exact) mass is 318 g/mol. The van der Waals surface area contributed by atoms with Gasteiger partial charge in [-0.2, -0.15) is 0 Å². The Morgan fingerprint density at radius 3 is 2.59 bits per heavy atom. The normalized spacial score (nSPS) is 10.1. The van der Waals surface area contributed by atoms with Gasteiger partial charge in [0.15, 0.2) is 17.5 Å². The van der Waals surface area contributed by atoms with E-state index in [0.29, 0.717) is 23.4 Å². The Labute approximate surface area is 133 Å². The van der Waals surface area contributed by atoms with Crippen molar-refractivity contribution in [3.8, 4) is 5.75 Å². The largest absolute Gasteiger partial charge is 0.484 e. The van der Waals surface area contributed by atoms with Crippen LogP contribution in [0.3, 0.4) is 0 Å². The quantitative estimate of drug-likeness (QED) is 0.655. The van der Waals surface area contributed by atoms with E-state index in [4.69, 9.17) is 16.3 Å². The van der Waals surface area contributed by atoms with E-state index in [-0.39, 0.29) is 23.5 Å². The van der Waals surface area contributed by atoms with Gasteiger partial charge >= 0.3 is 0 Å². The molecule has 0 atom stereocenters. The summed E-state index contributed by atoms with van der Waals surface area (Å²) in [5.41, 5.74) is 1.06. The van der Waals surface area contributed by atoms with E-state index in [1.807, 2.05) is 0 Å². The zero-order chi connectivity index (χ0) is 15.9. The second-order valence-corrected chi connectivity index (χ2v) is 4.84. The Morgan fingerprint density at radius 1 is 1.23 bits per heavy atom. The molecule has 0 radical (unpaired) electrons. The van der Waals surface area contributed by atoms with Gasteiger partial charge in [0.1, 0.15) is 5.75 Å². The lowest BCUT2D eigenvalue weighted by molar-refractivity contribution is -0.118. The Kier molecular flexibility index (Phi) is 5.49. The third kappa shape index (κ3) is 4.30. The lowest BCUT2D eigenvalue weighted by Gasteiger charge is -2.08. The van der Waals surface area contributed by atoms with Crippen molar-refractivity contribution < 1.29 is 14.3 Å². The van der Waals surface area contributed by atoms with Crippen molar-refractivity contribution in [3.05, 3.63) is 53.3 Å². The van der Waals surface area contributed by atoms with Crippen LogP contribution in [-0.2, 0) is 4.79 Å². The second-order valence-electron chi connectivity index (χ2n) is 4.48. The van der Waals surface area contributed by atoms with Gasteiger partial charge in [0.2, 0.25) is 0 Å². The molecule has 0 bridgehead atoms. The molecule has 0 fully saturated rings. The van der Waals surface area contributed by atoms with Crippen LogP contribution >= 0.6 is 11.6 Å². The molecule has 22 heavy (non-hydrogen) atoms. The molecule has 6 heteroatoms. The number of nitrogens with zero attached hydrogens (tertiary/aromatic N) is 1. The summed E-state index contributed by atoms with van der Waals surface area (Å²) >= 11 is 5.85. The van der Waals surface area contributed by atoms with Crippen molar-refractivity contribution in [3.63, 3.8) is 0 Å². The minimum absolute atomic E-state index is 0.0653. The highest BCUT2D eigenvalue weighted by Gasteiger charge is 2.08. The molecule has 5 nitrogen and oxygen atoms in total. The Balaban J connectivity index is 1.89. The summed E-state index contributed by atoms with van der Waals surface area (Å²) in [5, 5.41) is 2.83. The first kappa shape index (κ1) is 16.0. The average Bonchev–Trinajstić information content (AvgIpc) is 2.55. The van der Waals surface area contributed by atoms with Gasteiger partial charge in [-0.1, -0.05) is 18.5 Å². The van der Waals surface area contributed by atoms with Crippen LogP contribution in [0, 0.1) is 0 Å². The fourth-order valence-electron chi connectivity index (χ4n) is 1.76. The standard InChI is InChI=1S/C16H15ClN2O3/c1-2-14(20)11-5-7-12(8-6-11)22-10-15(21)19-13-4-3-9-18-16(13)17/h3-9H,2,10H2,1H3,(H,19,21). The van der Waals surface area contributed by atoms with E-state index >= 15 is 0 Å². The van der Waals surface area contributed by atoms with E-state index in [2.05, 4.69) is 10.3 Å². The molecule has 2 rings (SSSR count). The molecule has 2 aromatic rings. The number of Topliss-reactive ketones (excluding diaryl/α,β-unsaturated/α-hetero) is 1. The first-order valence-electron chi connectivity index (χ1n) is 6.76. The Bertz CT molecular complexity index is 671. The maximum atomic E-state index is 11.8. The summed E-state index contributed by atoms with van der Waals surface area (Å²) in [7, 11) is 0. The first-order chi connectivity index (χ1) is 10.6. The van der Waals surface area contributed by atoms with E-state index in [9.17, 15) is 9.59 Å². The van der Waals surface area contributed by atoms with Gasteiger partial charge in [0.05, 0.1) is 5.69 Å². The van der Waals surface area contributed by atoms with Gasteiger partial charge in [-0.3, -0.25) is 9.59 Å². The minimum atomic E-state index is -0.344. The van der Waals surface area contributed by atoms with Crippen LogP contribution in [0.15, 0.2) is 42.6 Å². The van der Waals surface area contributed by atoms with Crippen LogP contribution in [0.1, 0.15) is 23.7 Å². The summed E-state index contributed by atoms with van der Waals surface area (Å²) < 4.78 is 5.36. The second kappa shape index (κ2) is 7.56. The molecule has 1 amide bonds. The number of rotatable bonds is 6.